The lowest BCUT2D eigenvalue weighted by molar-refractivity contribution is -0.140. The van der Waals surface area contributed by atoms with Gasteiger partial charge in [0.15, 0.2) is 0 Å². The van der Waals surface area contributed by atoms with Crippen molar-refractivity contribution < 1.29 is 22.4 Å². The van der Waals surface area contributed by atoms with Crippen molar-refractivity contribution in [2.45, 2.75) is 46.3 Å². The SMILES string of the molecule is CC(C)CCNC(=O)[C@@H](C)N(Cc1ccc(F)cc1)C(=O)CN(Cc1ccccc1)S(C)(=O)=O. The lowest BCUT2D eigenvalue weighted by Crippen LogP contribution is -2.51. The first-order valence-electron chi connectivity index (χ1n) is 11.3. The summed E-state index contributed by atoms with van der Waals surface area (Å²) in [5.41, 5.74) is 1.37. The maximum atomic E-state index is 13.4. The van der Waals surface area contributed by atoms with Gasteiger partial charge in [-0.05, 0) is 42.5 Å². The van der Waals surface area contributed by atoms with Crippen LogP contribution in [-0.4, -0.2) is 54.8 Å². The Bertz CT molecular complexity index is 1040. The zero-order chi connectivity index (χ0) is 25.3. The van der Waals surface area contributed by atoms with Crippen LogP contribution in [0.15, 0.2) is 54.6 Å². The molecule has 2 aromatic rings. The third kappa shape index (κ3) is 8.87. The Balaban J connectivity index is 2.24. The standard InChI is InChI=1S/C25H34FN3O4S/c1-19(2)14-15-27-25(31)20(3)29(17-22-10-12-23(26)13-11-22)24(30)18-28(34(4,32)33)16-21-8-6-5-7-9-21/h5-13,19-20H,14-18H2,1-4H3,(H,27,31)/t20-/m1/s1. The van der Waals surface area contributed by atoms with Crippen molar-refractivity contribution in [3.8, 4) is 0 Å². The second kappa shape index (κ2) is 12.6. The number of nitrogens with one attached hydrogen (secondary N) is 1. The fourth-order valence-corrected chi connectivity index (χ4v) is 4.05. The average molecular weight is 492 g/mol. The molecule has 7 nitrogen and oxygen atoms in total. The second-order valence-electron chi connectivity index (χ2n) is 8.81. The number of hydrogen-bond acceptors (Lipinski definition) is 4. The summed E-state index contributed by atoms with van der Waals surface area (Å²) in [4.78, 5) is 27.5. The predicted molar refractivity (Wildman–Crippen MR) is 131 cm³/mol. The molecular formula is C25H34FN3O4S. The molecule has 0 aliphatic carbocycles. The Morgan fingerprint density at radius 3 is 2.09 bits per heavy atom. The van der Waals surface area contributed by atoms with E-state index in [1.165, 1.54) is 29.2 Å². The number of hydrogen-bond donors (Lipinski definition) is 1. The minimum Gasteiger partial charge on any atom is -0.354 e. The highest BCUT2D eigenvalue weighted by Crippen LogP contribution is 2.14. The van der Waals surface area contributed by atoms with Gasteiger partial charge in [-0.1, -0.05) is 56.3 Å². The van der Waals surface area contributed by atoms with Crippen LogP contribution in [0.25, 0.3) is 0 Å². The predicted octanol–water partition coefficient (Wildman–Crippen LogP) is 3.17. The van der Waals surface area contributed by atoms with Crippen LogP contribution in [0.2, 0.25) is 0 Å². The Morgan fingerprint density at radius 2 is 1.53 bits per heavy atom. The lowest BCUT2D eigenvalue weighted by Gasteiger charge is -2.31. The summed E-state index contributed by atoms with van der Waals surface area (Å²) in [6, 6.07) is 13.8. The molecule has 9 heteroatoms. The van der Waals surface area contributed by atoms with Crippen molar-refractivity contribution in [1.82, 2.24) is 14.5 Å². The van der Waals surface area contributed by atoms with Gasteiger partial charge in [-0.3, -0.25) is 9.59 Å². The Morgan fingerprint density at radius 1 is 0.941 bits per heavy atom. The van der Waals surface area contributed by atoms with Crippen molar-refractivity contribution in [1.29, 1.82) is 0 Å². The Kier molecular flexibility index (Phi) is 10.2. The Hall–Kier alpha value is -2.78. The number of amides is 2. The van der Waals surface area contributed by atoms with Gasteiger partial charge in [0.1, 0.15) is 11.9 Å². The number of carbonyl (C=O) groups excluding carboxylic acids is 2. The van der Waals surface area contributed by atoms with E-state index in [1.54, 1.807) is 31.2 Å². The third-order valence-corrected chi connectivity index (χ3v) is 6.63. The number of nitrogens with zero attached hydrogens (tertiary/aromatic N) is 2. The van der Waals surface area contributed by atoms with Gasteiger partial charge in [-0.15, -0.1) is 0 Å². The normalized spacial score (nSPS) is 12.6. The summed E-state index contributed by atoms with van der Waals surface area (Å²) < 4.78 is 39.3. The summed E-state index contributed by atoms with van der Waals surface area (Å²) in [6.07, 6.45) is 1.85. The van der Waals surface area contributed by atoms with Crippen molar-refractivity contribution in [2.75, 3.05) is 19.3 Å². The van der Waals surface area contributed by atoms with E-state index in [2.05, 4.69) is 5.32 Å². The van der Waals surface area contributed by atoms with Crippen molar-refractivity contribution in [2.24, 2.45) is 5.92 Å². The first kappa shape index (κ1) is 27.5. The fraction of sp³-hybridized carbons (Fsp3) is 0.440. The summed E-state index contributed by atoms with van der Waals surface area (Å²) in [6.45, 7) is 5.83. The van der Waals surface area contributed by atoms with Gasteiger partial charge in [0.05, 0.1) is 12.8 Å². The van der Waals surface area contributed by atoms with Crippen LogP contribution in [0.5, 0.6) is 0 Å². The zero-order valence-corrected chi connectivity index (χ0v) is 21.0. The lowest BCUT2D eigenvalue weighted by atomic mass is 10.1. The molecular weight excluding hydrogens is 457 g/mol. The first-order valence-corrected chi connectivity index (χ1v) is 13.1. The molecule has 34 heavy (non-hydrogen) atoms. The van der Waals surface area contributed by atoms with E-state index >= 15 is 0 Å². The molecule has 0 aliphatic heterocycles. The van der Waals surface area contributed by atoms with E-state index in [-0.39, 0.29) is 19.0 Å². The molecule has 0 aromatic heterocycles. The van der Waals surface area contributed by atoms with Crippen LogP contribution in [0.4, 0.5) is 4.39 Å². The number of sulfonamides is 1. The van der Waals surface area contributed by atoms with E-state index in [0.717, 1.165) is 22.5 Å². The van der Waals surface area contributed by atoms with Crippen LogP contribution < -0.4 is 5.32 Å². The molecule has 0 bridgehead atoms. The highest BCUT2D eigenvalue weighted by molar-refractivity contribution is 7.88. The summed E-state index contributed by atoms with van der Waals surface area (Å²) in [5.74, 6) is -0.844. The number of rotatable bonds is 12. The molecule has 0 unspecified atom stereocenters. The number of halogens is 1. The number of benzene rings is 2. The molecule has 0 aliphatic rings. The molecule has 0 fully saturated rings. The van der Waals surface area contributed by atoms with E-state index < -0.39 is 34.3 Å². The third-order valence-electron chi connectivity index (χ3n) is 5.44. The van der Waals surface area contributed by atoms with Crippen LogP contribution in [-0.2, 0) is 32.7 Å². The van der Waals surface area contributed by atoms with Gasteiger partial charge in [0.2, 0.25) is 21.8 Å². The maximum absolute atomic E-state index is 13.4. The van der Waals surface area contributed by atoms with E-state index in [1.807, 2.05) is 19.9 Å². The summed E-state index contributed by atoms with van der Waals surface area (Å²) in [5, 5.41) is 2.84. The molecule has 0 heterocycles. The maximum Gasteiger partial charge on any atom is 0.242 e. The van der Waals surface area contributed by atoms with Gasteiger partial charge >= 0.3 is 0 Å². The smallest absolute Gasteiger partial charge is 0.242 e. The monoisotopic (exact) mass is 491 g/mol. The van der Waals surface area contributed by atoms with Gasteiger partial charge in [0.25, 0.3) is 0 Å². The van der Waals surface area contributed by atoms with E-state index in [4.69, 9.17) is 0 Å². The molecule has 2 rings (SSSR count). The van der Waals surface area contributed by atoms with E-state index in [9.17, 15) is 22.4 Å². The molecule has 0 saturated carbocycles. The highest BCUT2D eigenvalue weighted by Gasteiger charge is 2.29. The summed E-state index contributed by atoms with van der Waals surface area (Å²) in [7, 11) is -3.70. The molecule has 1 N–H and O–H groups in total. The van der Waals surface area contributed by atoms with Crippen molar-refractivity contribution in [3.05, 3.63) is 71.5 Å². The van der Waals surface area contributed by atoms with Crippen LogP contribution >= 0.6 is 0 Å². The fourth-order valence-electron chi connectivity index (χ4n) is 3.32. The van der Waals surface area contributed by atoms with E-state index in [0.29, 0.717) is 18.0 Å². The molecule has 2 aromatic carbocycles. The highest BCUT2D eigenvalue weighted by atomic mass is 32.2. The number of carbonyl (C=O) groups is 2. The molecule has 2 amide bonds. The topological polar surface area (TPSA) is 86.8 Å². The minimum atomic E-state index is -3.70. The largest absolute Gasteiger partial charge is 0.354 e. The molecule has 0 radical (unpaired) electrons. The van der Waals surface area contributed by atoms with Gasteiger partial charge < -0.3 is 10.2 Å². The van der Waals surface area contributed by atoms with Crippen LogP contribution in [0, 0.1) is 11.7 Å². The van der Waals surface area contributed by atoms with Crippen LogP contribution in [0.1, 0.15) is 38.3 Å². The van der Waals surface area contributed by atoms with Gasteiger partial charge in [-0.2, -0.15) is 4.31 Å². The average Bonchev–Trinajstić information content (AvgIpc) is 2.77. The molecule has 0 spiro atoms. The Labute approximate surface area is 202 Å². The minimum absolute atomic E-state index is 0.0325. The van der Waals surface area contributed by atoms with Gasteiger partial charge in [-0.25, -0.2) is 12.8 Å². The summed E-state index contributed by atoms with van der Waals surface area (Å²) >= 11 is 0. The van der Waals surface area contributed by atoms with Crippen molar-refractivity contribution in [3.63, 3.8) is 0 Å². The second-order valence-corrected chi connectivity index (χ2v) is 10.8. The van der Waals surface area contributed by atoms with Gasteiger partial charge in [0, 0.05) is 19.6 Å². The van der Waals surface area contributed by atoms with Crippen LogP contribution in [0.3, 0.4) is 0 Å². The van der Waals surface area contributed by atoms with Crippen molar-refractivity contribution >= 4 is 21.8 Å². The molecule has 0 saturated heterocycles. The first-order chi connectivity index (χ1) is 16.0. The quantitative estimate of drug-likeness (QED) is 0.494. The molecule has 1 atom stereocenters. The zero-order valence-electron chi connectivity index (χ0n) is 20.2. The molecule has 186 valence electrons.